The number of carbonyl (C=O) groups is 5. The molecule has 8 rings (SSSR count). The summed E-state index contributed by atoms with van der Waals surface area (Å²) < 4.78 is 53.3. The molecular weight excluding hydrogens is 1310 g/mol. The van der Waals surface area contributed by atoms with Gasteiger partial charge in [0, 0.05) is 58.9 Å². The van der Waals surface area contributed by atoms with E-state index in [1.165, 1.54) is 20.3 Å². The van der Waals surface area contributed by atoms with Gasteiger partial charge in [0.1, 0.15) is 51.6 Å². The van der Waals surface area contributed by atoms with Crippen LogP contribution in [0.15, 0.2) is 188 Å². The Labute approximate surface area is 518 Å². The molecule has 0 N–H and O–H groups in total. The summed E-state index contributed by atoms with van der Waals surface area (Å²) in [6.45, 7) is 16.2. The van der Waals surface area contributed by atoms with Crippen molar-refractivity contribution in [2.75, 3.05) is 21.3 Å². The predicted octanol–water partition coefficient (Wildman–Crippen LogP) is 17.4. The Bertz CT molecular complexity index is 3600. The van der Waals surface area contributed by atoms with Gasteiger partial charge in [-0.25, -0.2) is 24.0 Å². The van der Waals surface area contributed by atoms with Crippen LogP contribution < -0.4 is 37.9 Å². The first-order valence-electron chi connectivity index (χ1n) is 26.6. The Balaban J connectivity index is 0.00000512. The summed E-state index contributed by atoms with van der Waals surface area (Å²) in [7, 11) is 4.10. The Kier molecular flexibility index (Phi) is 21.1. The molecule has 0 unspecified atom stereocenters. The molecule has 17 heteroatoms. The number of benzene rings is 8. The fraction of sp³-hybridized carbons (Fsp3) is 0.221. The molecule has 8 aromatic rings. The van der Waals surface area contributed by atoms with E-state index < -0.39 is 46.8 Å². The lowest BCUT2D eigenvalue weighted by Gasteiger charge is -2.27. The van der Waals surface area contributed by atoms with Gasteiger partial charge in [-0.15, -0.1) is 0 Å². The van der Waals surface area contributed by atoms with Crippen LogP contribution in [0.2, 0.25) is 0 Å². The molecule has 440 valence electrons. The average Bonchev–Trinajstić information content (AvgIpc) is 3.38. The maximum atomic E-state index is 14.4. The number of rotatable bonds is 17. The number of hydrogen-bond donors (Lipinski definition) is 0. The normalized spacial score (nSPS) is 11.4. The molecule has 0 aliphatic heterocycles. The zero-order valence-corrected chi connectivity index (χ0v) is 53.1. The average molecular weight is 1380 g/mol. The standard InChI is InChI=1S/C68H64O15.I2/c1-65(2,43-12-27-51(74-9)28-13-43)47-20-35-55(36-21-47)80-63(72)81-56-39-24-49(25-40-56)68(7,8)50-26-41-59(83-64(73)82-57-37-22-48(23-38-57)67(5,6)46-18-33-54(34-19-46)79-62(71)76-11)58(42-50)60(69)77-52-29-14-44(15-30-52)66(3,4)45-16-31-53(32-17-45)78-61(70)75-10;1-2/h12-42H,1-11H3;. The van der Waals surface area contributed by atoms with Gasteiger partial charge in [0.2, 0.25) is 0 Å². The minimum Gasteiger partial charge on any atom is -0.497 e. The molecular formula is C68H64I2O15. The third-order valence-electron chi connectivity index (χ3n) is 14.9. The zero-order valence-electron chi connectivity index (χ0n) is 48.8. The molecule has 0 spiro atoms. The topological polar surface area (TPSA) is 178 Å². The summed E-state index contributed by atoms with van der Waals surface area (Å²) >= 11 is 4.24. The minimum atomic E-state index is -1.10. The van der Waals surface area contributed by atoms with Crippen molar-refractivity contribution in [3.05, 3.63) is 238 Å². The van der Waals surface area contributed by atoms with E-state index >= 15 is 0 Å². The maximum absolute atomic E-state index is 14.4. The lowest BCUT2D eigenvalue weighted by Crippen LogP contribution is -2.22. The Morgan fingerprint density at radius 2 is 0.506 bits per heavy atom. The molecule has 8 aromatic carbocycles. The summed E-state index contributed by atoms with van der Waals surface area (Å²) in [5.74, 6) is 1.48. The van der Waals surface area contributed by atoms with Gasteiger partial charge < -0.3 is 47.4 Å². The van der Waals surface area contributed by atoms with Gasteiger partial charge in [-0.3, -0.25) is 0 Å². The number of hydrogen-bond acceptors (Lipinski definition) is 15. The van der Waals surface area contributed by atoms with E-state index in [4.69, 9.17) is 37.9 Å². The van der Waals surface area contributed by atoms with Crippen molar-refractivity contribution < 1.29 is 71.3 Å². The summed E-state index contributed by atoms with van der Waals surface area (Å²) in [6, 6.07) is 55.0. The van der Waals surface area contributed by atoms with Crippen LogP contribution in [0.4, 0.5) is 19.2 Å². The molecule has 0 aliphatic rings. The molecule has 85 heavy (non-hydrogen) atoms. The van der Waals surface area contributed by atoms with Crippen molar-refractivity contribution in [3.63, 3.8) is 0 Å². The molecule has 0 radical (unpaired) electrons. The van der Waals surface area contributed by atoms with Crippen molar-refractivity contribution in [1.29, 1.82) is 0 Å². The van der Waals surface area contributed by atoms with E-state index in [1.54, 1.807) is 104 Å². The Morgan fingerprint density at radius 1 is 0.282 bits per heavy atom. The molecule has 0 saturated heterocycles. The predicted molar refractivity (Wildman–Crippen MR) is 339 cm³/mol. The van der Waals surface area contributed by atoms with Crippen molar-refractivity contribution in [3.8, 4) is 46.0 Å². The van der Waals surface area contributed by atoms with E-state index in [0.29, 0.717) is 22.8 Å². The van der Waals surface area contributed by atoms with Crippen LogP contribution in [0.25, 0.3) is 0 Å². The van der Waals surface area contributed by atoms with E-state index in [-0.39, 0.29) is 34.0 Å². The second kappa shape index (κ2) is 28.0. The monoisotopic (exact) mass is 1370 g/mol. The highest BCUT2D eigenvalue weighted by Gasteiger charge is 2.30. The maximum Gasteiger partial charge on any atom is 0.519 e. The summed E-state index contributed by atoms with van der Waals surface area (Å²) in [6.07, 6.45) is -3.65. The SMILES string of the molecule is COC(=O)Oc1ccc(C(C)(C)c2ccc(OC(=O)Oc3ccc(C(C)(C)c4ccc(OC(=O)Oc5ccc(C(C)(C)c6ccc(OC)cc6)cc5)cc4)cc3C(=O)Oc3ccc(C(C)(C)c4ccc(OC(=O)OC)cc4)cc3)cc2)cc1.II. The van der Waals surface area contributed by atoms with Gasteiger partial charge in [0.15, 0.2) is 0 Å². The number of carbonyl (C=O) groups excluding carboxylic acids is 5. The molecule has 15 nitrogen and oxygen atoms in total. The van der Waals surface area contributed by atoms with Crippen LogP contribution in [-0.2, 0) is 31.1 Å². The highest BCUT2D eigenvalue weighted by atomic mass is 128. The van der Waals surface area contributed by atoms with Crippen LogP contribution >= 0.6 is 37.2 Å². The highest BCUT2D eigenvalue weighted by molar-refractivity contribution is 15.0. The van der Waals surface area contributed by atoms with E-state index in [2.05, 4.69) is 60.6 Å². The van der Waals surface area contributed by atoms with Crippen molar-refractivity contribution in [2.24, 2.45) is 0 Å². The lowest BCUT2D eigenvalue weighted by atomic mass is 9.77. The van der Waals surface area contributed by atoms with Gasteiger partial charge in [-0.05, 0) is 142 Å². The number of methoxy groups -OCH3 is 3. The van der Waals surface area contributed by atoms with Crippen molar-refractivity contribution >= 4 is 67.8 Å². The number of halogens is 2. The van der Waals surface area contributed by atoms with Gasteiger partial charge in [-0.2, -0.15) is 0 Å². The first kappa shape index (κ1) is 64.1. The molecule has 0 saturated carbocycles. The van der Waals surface area contributed by atoms with Gasteiger partial charge in [0.25, 0.3) is 0 Å². The minimum absolute atomic E-state index is 0.0636. The summed E-state index contributed by atoms with van der Waals surface area (Å²) in [5.41, 5.74) is 5.02. The van der Waals surface area contributed by atoms with Crippen LogP contribution in [-0.4, -0.2) is 51.9 Å². The van der Waals surface area contributed by atoms with Crippen molar-refractivity contribution in [2.45, 2.75) is 77.0 Å². The number of ether oxygens (including phenoxy) is 10. The third-order valence-corrected chi connectivity index (χ3v) is 14.9. The van der Waals surface area contributed by atoms with Gasteiger partial charge in [-0.1, -0.05) is 146 Å². The third kappa shape index (κ3) is 15.9. The second-order valence-electron chi connectivity index (χ2n) is 21.5. The van der Waals surface area contributed by atoms with E-state index in [9.17, 15) is 24.0 Å². The molecule has 0 aromatic heterocycles. The van der Waals surface area contributed by atoms with Crippen LogP contribution in [0.5, 0.6) is 46.0 Å². The highest BCUT2D eigenvalue weighted by Crippen LogP contribution is 2.39. The lowest BCUT2D eigenvalue weighted by molar-refractivity contribution is 0.0730. The summed E-state index contributed by atoms with van der Waals surface area (Å²) in [5, 5.41) is 0. The zero-order chi connectivity index (χ0) is 61.7. The first-order chi connectivity index (χ1) is 40.5. The van der Waals surface area contributed by atoms with Gasteiger partial charge >= 0.3 is 30.6 Å². The van der Waals surface area contributed by atoms with Crippen LogP contribution in [0.1, 0.15) is 110 Å². The Hall–Kier alpha value is -8.43. The number of esters is 1. The fourth-order valence-corrected chi connectivity index (χ4v) is 9.34. The Morgan fingerprint density at radius 3 is 0.776 bits per heavy atom. The van der Waals surface area contributed by atoms with Crippen LogP contribution in [0, 0.1) is 0 Å². The molecule has 0 atom stereocenters. The van der Waals surface area contributed by atoms with E-state index in [0.717, 1.165) is 44.7 Å². The second-order valence-corrected chi connectivity index (χ2v) is 21.5. The van der Waals surface area contributed by atoms with E-state index in [1.807, 2.05) is 126 Å². The smallest absolute Gasteiger partial charge is 0.497 e. The molecule has 0 fully saturated rings. The molecule has 0 heterocycles. The summed E-state index contributed by atoms with van der Waals surface area (Å²) in [4.78, 5) is 64.2. The molecule has 0 aliphatic carbocycles. The molecule has 0 amide bonds. The molecule has 0 bridgehead atoms. The quantitative estimate of drug-likeness (QED) is 0.0364. The fourth-order valence-electron chi connectivity index (χ4n) is 9.34. The van der Waals surface area contributed by atoms with Crippen molar-refractivity contribution in [1.82, 2.24) is 0 Å². The first-order valence-corrected chi connectivity index (χ1v) is 32.9. The largest absolute Gasteiger partial charge is 0.519 e. The van der Waals surface area contributed by atoms with Gasteiger partial charge in [0.05, 0.1) is 21.3 Å². The van der Waals surface area contributed by atoms with Crippen LogP contribution in [0.3, 0.4) is 0 Å².